The Labute approximate surface area is 197 Å². The summed E-state index contributed by atoms with van der Waals surface area (Å²) in [4.78, 5) is 29.0. The molecule has 1 aliphatic carbocycles. The highest BCUT2D eigenvalue weighted by Gasteiger charge is 2.45. The summed E-state index contributed by atoms with van der Waals surface area (Å²) in [6.45, 7) is 2.62. The van der Waals surface area contributed by atoms with Crippen LogP contribution in [0, 0.1) is 12.8 Å². The largest absolute Gasteiger partial charge is 0.496 e. The molecule has 3 fully saturated rings. The summed E-state index contributed by atoms with van der Waals surface area (Å²) in [5.74, 6) is 1.68. The van der Waals surface area contributed by atoms with Crippen LogP contribution < -0.4 is 9.47 Å². The van der Waals surface area contributed by atoms with Gasteiger partial charge in [0.05, 0.1) is 18.7 Å². The number of carbonyl (C=O) groups excluding carboxylic acids is 1. The third-order valence-electron chi connectivity index (χ3n) is 6.46. The van der Waals surface area contributed by atoms with Crippen molar-refractivity contribution in [2.75, 3.05) is 13.7 Å². The Balaban J connectivity index is 1.48. The van der Waals surface area contributed by atoms with E-state index in [1.165, 1.54) is 0 Å². The number of carbonyl (C=O) groups is 1. The number of fused-ring (bicyclic) bond motifs is 3. The molecule has 3 unspecified atom stereocenters. The molecule has 3 aromatic rings. The number of hydrogen-bond donors (Lipinski definition) is 0. The maximum atomic E-state index is 14.0. The first kappa shape index (κ1) is 21.6. The molecule has 0 spiro atoms. The van der Waals surface area contributed by atoms with Crippen LogP contribution >= 0.6 is 11.6 Å². The SMILES string of the molecule is COc1cccc(-c2ncccn2)c1C(=O)N1CC2CCC1C(Oc1ncc(C)cc1Cl)C2. The average Bonchev–Trinajstić information content (AvgIpc) is 2.85. The molecule has 8 heteroatoms. The minimum Gasteiger partial charge on any atom is -0.496 e. The van der Waals surface area contributed by atoms with Gasteiger partial charge in [-0.3, -0.25) is 4.79 Å². The van der Waals surface area contributed by atoms with Crippen LogP contribution in [0.5, 0.6) is 11.6 Å². The minimum absolute atomic E-state index is 0.0730. The highest BCUT2D eigenvalue weighted by atomic mass is 35.5. The molecular weight excluding hydrogens is 440 g/mol. The number of aromatic nitrogens is 3. The van der Waals surface area contributed by atoms with Crippen molar-refractivity contribution in [2.45, 2.75) is 38.3 Å². The van der Waals surface area contributed by atoms with E-state index >= 15 is 0 Å². The van der Waals surface area contributed by atoms with Gasteiger partial charge in [-0.2, -0.15) is 0 Å². The fraction of sp³-hybridized carbons (Fsp3) is 0.360. The van der Waals surface area contributed by atoms with Crippen molar-refractivity contribution in [2.24, 2.45) is 5.92 Å². The topological polar surface area (TPSA) is 77.4 Å². The smallest absolute Gasteiger partial charge is 0.258 e. The van der Waals surface area contributed by atoms with E-state index in [0.29, 0.717) is 46.1 Å². The third kappa shape index (κ3) is 4.13. The van der Waals surface area contributed by atoms with Gasteiger partial charge in [-0.25, -0.2) is 15.0 Å². The number of hydrogen-bond acceptors (Lipinski definition) is 6. The van der Waals surface area contributed by atoms with Crippen LogP contribution in [0.15, 0.2) is 48.9 Å². The van der Waals surface area contributed by atoms with Crippen LogP contribution in [0.25, 0.3) is 11.4 Å². The van der Waals surface area contributed by atoms with Gasteiger partial charge in [-0.1, -0.05) is 23.7 Å². The number of halogens is 1. The molecule has 1 saturated carbocycles. The van der Waals surface area contributed by atoms with Crippen molar-refractivity contribution >= 4 is 17.5 Å². The highest BCUT2D eigenvalue weighted by Crippen LogP contribution is 2.40. The van der Waals surface area contributed by atoms with Crippen LogP contribution in [0.1, 0.15) is 35.2 Å². The first-order chi connectivity index (χ1) is 16.0. The number of pyridine rings is 1. The lowest BCUT2D eigenvalue weighted by Crippen LogP contribution is -2.59. The zero-order chi connectivity index (χ0) is 22.9. The molecule has 170 valence electrons. The second-order valence-corrected chi connectivity index (χ2v) is 9.02. The van der Waals surface area contributed by atoms with Crippen molar-refractivity contribution < 1.29 is 14.3 Å². The molecule has 6 rings (SSSR count). The lowest BCUT2D eigenvalue weighted by molar-refractivity contribution is -0.0314. The molecule has 2 aliphatic heterocycles. The summed E-state index contributed by atoms with van der Waals surface area (Å²) < 4.78 is 11.9. The first-order valence-corrected chi connectivity index (χ1v) is 11.5. The number of amides is 1. The Morgan fingerprint density at radius 2 is 1.97 bits per heavy atom. The second-order valence-electron chi connectivity index (χ2n) is 8.62. The standard InChI is InChI=1S/C25H25ClN4O3/c1-15-11-18(26)24(29-13-15)33-21-12-16-7-8-19(21)30(14-16)25(31)22-17(5-3-6-20(22)32-2)23-27-9-4-10-28-23/h3-6,9-11,13,16,19,21H,7-8,12,14H2,1-2H3. The lowest BCUT2D eigenvalue weighted by Gasteiger charge is -2.49. The van der Waals surface area contributed by atoms with Crippen LogP contribution in [-0.2, 0) is 0 Å². The molecule has 3 atom stereocenters. The molecule has 2 saturated heterocycles. The van der Waals surface area contributed by atoms with Gasteiger partial charge in [0.15, 0.2) is 5.82 Å². The van der Waals surface area contributed by atoms with Gasteiger partial charge < -0.3 is 14.4 Å². The predicted octanol–water partition coefficient (Wildman–Crippen LogP) is 4.58. The average molecular weight is 465 g/mol. The number of benzene rings is 1. The number of piperidine rings is 2. The van der Waals surface area contributed by atoms with Crippen molar-refractivity contribution in [3.05, 3.63) is 65.1 Å². The third-order valence-corrected chi connectivity index (χ3v) is 6.73. The molecule has 0 radical (unpaired) electrons. The van der Waals surface area contributed by atoms with Gasteiger partial charge in [0.25, 0.3) is 5.91 Å². The Bertz CT molecular complexity index is 1170. The fourth-order valence-electron chi connectivity index (χ4n) is 4.93. The summed E-state index contributed by atoms with van der Waals surface area (Å²) >= 11 is 6.38. The zero-order valence-corrected chi connectivity index (χ0v) is 19.3. The normalized spacial score (nSPS) is 21.7. The number of rotatable bonds is 5. The van der Waals surface area contributed by atoms with E-state index in [9.17, 15) is 4.79 Å². The quantitative estimate of drug-likeness (QED) is 0.550. The Morgan fingerprint density at radius 3 is 2.70 bits per heavy atom. The number of methoxy groups -OCH3 is 1. The summed E-state index contributed by atoms with van der Waals surface area (Å²) in [5.41, 5.74) is 2.10. The Morgan fingerprint density at radius 1 is 1.15 bits per heavy atom. The van der Waals surface area contributed by atoms with E-state index in [-0.39, 0.29) is 18.1 Å². The van der Waals surface area contributed by atoms with Gasteiger partial charge in [-0.15, -0.1) is 0 Å². The van der Waals surface area contributed by atoms with E-state index < -0.39 is 0 Å². The van der Waals surface area contributed by atoms with E-state index in [1.807, 2.05) is 30.0 Å². The molecule has 0 N–H and O–H groups in total. The van der Waals surface area contributed by atoms with E-state index in [2.05, 4.69) is 15.0 Å². The second kappa shape index (κ2) is 8.98. The van der Waals surface area contributed by atoms with Crippen molar-refractivity contribution in [3.63, 3.8) is 0 Å². The van der Waals surface area contributed by atoms with E-state index in [0.717, 1.165) is 24.8 Å². The minimum atomic E-state index is -0.166. The summed E-state index contributed by atoms with van der Waals surface area (Å²) in [5, 5.41) is 0.488. The molecule has 4 heterocycles. The number of ether oxygens (including phenoxy) is 2. The molecule has 2 bridgehead atoms. The molecule has 2 aromatic heterocycles. The van der Waals surface area contributed by atoms with Gasteiger partial charge in [-0.05, 0) is 55.9 Å². The monoisotopic (exact) mass is 464 g/mol. The fourth-order valence-corrected chi connectivity index (χ4v) is 5.20. The van der Waals surface area contributed by atoms with E-state index in [4.69, 9.17) is 21.1 Å². The Hall–Kier alpha value is -3.19. The molecule has 33 heavy (non-hydrogen) atoms. The van der Waals surface area contributed by atoms with Crippen molar-refractivity contribution in [1.82, 2.24) is 19.9 Å². The maximum absolute atomic E-state index is 14.0. The predicted molar refractivity (Wildman–Crippen MR) is 125 cm³/mol. The van der Waals surface area contributed by atoms with Crippen molar-refractivity contribution in [1.29, 1.82) is 0 Å². The van der Waals surface area contributed by atoms with E-state index in [1.54, 1.807) is 37.8 Å². The molecular formula is C25H25ClN4O3. The number of nitrogens with zero attached hydrogens (tertiary/aromatic N) is 4. The van der Waals surface area contributed by atoms with Crippen LogP contribution in [0.4, 0.5) is 0 Å². The van der Waals surface area contributed by atoms with Crippen LogP contribution in [0.3, 0.4) is 0 Å². The van der Waals surface area contributed by atoms with Gasteiger partial charge in [0.2, 0.25) is 5.88 Å². The Kier molecular flexibility index (Phi) is 5.89. The van der Waals surface area contributed by atoms with Gasteiger partial charge in [0.1, 0.15) is 16.9 Å². The van der Waals surface area contributed by atoms with Gasteiger partial charge >= 0.3 is 0 Å². The summed E-state index contributed by atoms with van der Waals surface area (Å²) in [6, 6.07) is 9.02. The summed E-state index contributed by atoms with van der Waals surface area (Å²) in [7, 11) is 1.57. The number of aryl methyl sites for hydroxylation is 1. The molecule has 7 nitrogen and oxygen atoms in total. The maximum Gasteiger partial charge on any atom is 0.258 e. The summed E-state index contributed by atoms with van der Waals surface area (Å²) in [6.07, 6.45) is 7.73. The molecule has 1 amide bonds. The van der Waals surface area contributed by atoms with Crippen LogP contribution in [0.2, 0.25) is 5.02 Å². The first-order valence-electron chi connectivity index (χ1n) is 11.1. The zero-order valence-electron chi connectivity index (χ0n) is 18.6. The lowest BCUT2D eigenvalue weighted by atomic mass is 9.77. The van der Waals surface area contributed by atoms with Crippen molar-refractivity contribution in [3.8, 4) is 23.0 Å². The van der Waals surface area contributed by atoms with Crippen LogP contribution in [-0.4, -0.2) is 51.6 Å². The molecule has 3 aliphatic rings. The van der Waals surface area contributed by atoms with Gasteiger partial charge in [0, 0.05) is 30.7 Å². The highest BCUT2D eigenvalue weighted by molar-refractivity contribution is 6.31. The molecule has 1 aromatic carbocycles.